The molecule has 1 aromatic rings. The molecule has 0 heterocycles. The summed E-state index contributed by atoms with van der Waals surface area (Å²) in [6, 6.07) is 3.27. The molecule has 1 rings (SSSR count). The van der Waals surface area contributed by atoms with E-state index in [0.717, 1.165) is 5.56 Å². The SMILES string of the molecule is Cc1cc(/C=C/CN)cc(O)c1O. The Balaban J connectivity index is 3.06. The van der Waals surface area contributed by atoms with Gasteiger partial charge >= 0.3 is 0 Å². The molecule has 3 nitrogen and oxygen atoms in total. The van der Waals surface area contributed by atoms with Crippen LogP contribution in [0.25, 0.3) is 6.08 Å². The van der Waals surface area contributed by atoms with Crippen LogP contribution in [-0.2, 0) is 0 Å². The summed E-state index contributed by atoms with van der Waals surface area (Å²) in [6.07, 6.45) is 3.58. The first kappa shape index (κ1) is 9.61. The van der Waals surface area contributed by atoms with Gasteiger partial charge in [0.05, 0.1) is 0 Å². The van der Waals surface area contributed by atoms with Crippen LogP contribution in [0.15, 0.2) is 18.2 Å². The third-order valence-corrected chi connectivity index (χ3v) is 1.75. The molecule has 70 valence electrons. The zero-order valence-electron chi connectivity index (χ0n) is 7.49. The van der Waals surface area contributed by atoms with E-state index in [1.165, 1.54) is 6.07 Å². The molecule has 0 aliphatic rings. The molecule has 0 radical (unpaired) electrons. The minimum Gasteiger partial charge on any atom is -0.504 e. The Morgan fingerprint density at radius 3 is 2.62 bits per heavy atom. The molecule has 1 aromatic carbocycles. The fourth-order valence-corrected chi connectivity index (χ4v) is 1.09. The maximum atomic E-state index is 9.27. The largest absolute Gasteiger partial charge is 0.504 e. The van der Waals surface area contributed by atoms with Gasteiger partial charge in [-0.1, -0.05) is 12.2 Å². The van der Waals surface area contributed by atoms with Crippen molar-refractivity contribution in [3.05, 3.63) is 29.3 Å². The second-order valence-corrected chi connectivity index (χ2v) is 2.84. The summed E-state index contributed by atoms with van der Waals surface area (Å²) in [5.41, 5.74) is 6.77. The smallest absolute Gasteiger partial charge is 0.160 e. The van der Waals surface area contributed by atoms with Crippen molar-refractivity contribution in [1.82, 2.24) is 0 Å². The number of hydrogen-bond acceptors (Lipinski definition) is 3. The third-order valence-electron chi connectivity index (χ3n) is 1.75. The molecule has 13 heavy (non-hydrogen) atoms. The highest BCUT2D eigenvalue weighted by Gasteiger charge is 2.03. The molecule has 0 aliphatic heterocycles. The summed E-state index contributed by atoms with van der Waals surface area (Å²) in [4.78, 5) is 0. The lowest BCUT2D eigenvalue weighted by atomic mass is 10.1. The van der Waals surface area contributed by atoms with Crippen LogP contribution in [-0.4, -0.2) is 16.8 Å². The lowest BCUT2D eigenvalue weighted by Gasteiger charge is -2.03. The van der Waals surface area contributed by atoms with Crippen molar-refractivity contribution in [1.29, 1.82) is 0 Å². The lowest BCUT2D eigenvalue weighted by molar-refractivity contribution is 0.401. The number of aromatic hydroxyl groups is 2. The molecule has 0 saturated heterocycles. The molecule has 0 spiro atoms. The van der Waals surface area contributed by atoms with E-state index in [4.69, 9.17) is 5.73 Å². The summed E-state index contributed by atoms with van der Waals surface area (Å²) in [6.45, 7) is 2.19. The zero-order valence-corrected chi connectivity index (χ0v) is 7.49. The topological polar surface area (TPSA) is 66.5 Å². The average Bonchev–Trinajstić information content (AvgIpc) is 2.10. The van der Waals surface area contributed by atoms with Gasteiger partial charge in [-0.15, -0.1) is 0 Å². The number of phenols is 2. The van der Waals surface area contributed by atoms with Crippen molar-refractivity contribution in [3.63, 3.8) is 0 Å². The Morgan fingerprint density at radius 1 is 1.38 bits per heavy atom. The van der Waals surface area contributed by atoms with Crippen molar-refractivity contribution in [3.8, 4) is 11.5 Å². The minimum atomic E-state index is -0.100. The number of benzene rings is 1. The van der Waals surface area contributed by atoms with Gasteiger partial charge in [-0.3, -0.25) is 0 Å². The summed E-state index contributed by atoms with van der Waals surface area (Å²) < 4.78 is 0. The molecule has 0 aromatic heterocycles. The monoisotopic (exact) mass is 179 g/mol. The van der Waals surface area contributed by atoms with Crippen LogP contribution in [0.1, 0.15) is 11.1 Å². The second-order valence-electron chi connectivity index (χ2n) is 2.84. The summed E-state index contributed by atoms with van der Waals surface area (Å²) in [5, 5.41) is 18.5. The van der Waals surface area contributed by atoms with Gasteiger partial charge in [0.25, 0.3) is 0 Å². The molecule has 0 amide bonds. The van der Waals surface area contributed by atoms with E-state index in [9.17, 15) is 10.2 Å². The van der Waals surface area contributed by atoms with Gasteiger partial charge in [-0.05, 0) is 30.2 Å². The second kappa shape index (κ2) is 3.96. The average molecular weight is 179 g/mol. The molecular formula is C10H13NO2. The fraction of sp³-hybridized carbons (Fsp3) is 0.200. The first-order valence-electron chi connectivity index (χ1n) is 4.04. The maximum absolute atomic E-state index is 9.27. The van der Waals surface area contributed by atoms with Gasteiger partial charge in [0.2, 0.25) is 0 Å². The Hall–Kier alpha value is -1.48. The Labute approximate surface area is 77.1 Å². The molecule has 0 atom stereocenters. The Kier molecular flexibility index (Phi) is 2.93. The number of aryl methyl sites for hydroxylation is 1. The molecule has 0 unspecified atom stereocenters. The number of phenolic OH excluding ortho intramolecular Hbond substituents is 2. The molecule has 4 N–H and O–H groups in total. The molecule has 0 aliphatic carbocycles. The van der Waals surface area contributed by atoms with Gasteiger partial charge in [-0.2, -0.15) is 0 Å². The van der Waals surface area contributed by atoms with E-state index in [1.54, 1.807) is 25.1 Å². The highest BCUT2D eigenvalue weighted by atomic mass is 16.3. The van der Waals surface area contributed by atoms with E-state index in [2.05, 4.69) is 0 Å². The predicted molar refractivity (Wildman–Crippen MR) is 52.6 cm³/mol. The van der Waals surface area contributed by atoms with E-state index < -0.39 is 0 Å². The van der Waals surface area contributed by atoms with Gasteiger partial charge in [0.1, 0.15) is 0 Å². The zero-order chi connectivity index (χ0) is 9.84. The predicted octanol–water partition coefficient (Wildman–Crippen LogP) is 1.38. The van der Waals surface area contributed by atoms with E-state index >= 15 is 0 Å². The van der Waals surface area contributed by atoms with Crippen molar-refractivity contribution in [2.45, 2.75) is 6.92 Å². The van der Waals surface area contributed by atoms with Crippen LogP contribution in [0.4, 0.5) is 0 Å². The van der Waals surface area contributed by atoms with Crippen LogP contribution < -0.4 is 5.73 Å². The maximum Gasteiger partial charge on any atom is 0.160 e. The van der Waals surface area contributed by atoms with Gasteiger partial charge < -0.3 is 15.9 Å². The Bertz CT molecular complexity index is 309. The van der Waals surface area contributed by atoms with Crippen LogP contribution in [0.3, 0.4) is 0 Å². The quantitative estimate of drug-likeness (QED) is 0.601. The van der Waals surface area contributed by atoms with E-state index in [0.29, 0.717) is 12.1 Å². The minimum absolute atomic E-state index is 0.0649. The Morgan fingerprint density at radius 2 is 2.08 bits per heavy atom. The highest BCUT2D eigenvalue weighted by molar-refractivity contribution is 5.58. The number of rotatable bonds is 2. The van der Waals surface area contributed by atoms with Crippen molar-refractivity contribution in [2.24, 2.45) is 5.73 Å². The lowest BCUT2D eigenvalue weighted by Crippen LogP contribution is -1.92. The van der Waals surface area contributed by atoms with Crippen LogP contribution in [0, 0.1) is 6.92 Å². The first-order chi connectivity index (χ1) is 6.15. The van der Waals surface area contributed by atoms with Crippen LogP contribution >= 0.6 is 0 Å². The number of hydrogen-bond donors (Lipinski definition) is 3. The molecule has 0 fully saturated rings. The van der Waals surface area contributed by atoms with E-state index in [-0.39, 0.29) is 11.5 Å². The molecule has 0 bridgehead atoms. The first-order valence-corrected chi connectivity index (χ1v) is 4.04. The van der Waals surface area contributed by atoms with Crippen molar-refractivity contribution < 1.29 is 10.2 Å². The summed E-state index contributed by atoms with van der Waals surface area (Å²) in [5.74, 6) is -0.165. The van der Waals surface area contributed by atoms with Gasteiger partial charge in [0.15, 0.2) is 11.5 Å². The van der Waals surface area contributed by atoms with E-state index in [1.807, 2.05) is 0 Å². The standard InChI is InChI=1S/C10H13NO2/c1-7-5-8(3-2-4-11)6-9(12)10(7)13/h2-3,5-6,12-13H,4,11H2,1H3/b3-2+. The third kappa shape index (κ3) is 2.23. The fourth-order valence-electron chi connectivity index (χ4n) is 1.09. The number of nitrogens with two attached hydrogens (primary N) is 1. The highest BCUT2D eigenvalue weighted by Crippen LogP contribution is 2.29. The van der Waals surface area contributed by atoms with Gasteiger partial charge in [0, 0.05) is 6.54 Å². The summed E-state index contributed by atoms with van der Waals surface area (Å²) >= 11 is 0. The van der Waals surface area contributed by atoms with Gasteiger partial charge in [-0.25, -0.2) is 0 Å². The van der Waals surface area contributed by atoms with Crippen LogP contribution in [0.2, 0.25) is 0 Å². The molecule has 3 heteroatoms. The summed E-state index contributed by atoms with van der Waals surface area (Å²) in [7, 11) is 0. The molecule has 0 saturated carbocycles. The van der Waals surface area contributed by atoms with Crippen molar-refractivity contribution >= 4 is 6.08 Å². The molecular weight excluding hydrogens is 166 g/mol. The van der Waals surface area contributed by atoms with Crippen molar-refractivity contribution in [2.75, 3.05) is 6.54 Å². The van der Waals surface area contributed by atoms with Crippen LogP contribution in [0.5, 0.6) is 11.5 Å². The normalized spacial score (nSPS) is 10.9.